The zero-order valence-corrected chi connectivity index (χ0v) is 41.5. The highest BCUT2D eigenvalue weighted by Gasteiger charge is 2.53. The maximum absolute atomic E-state index is 2.57. The summed E-state index contributed by atoms with van der Waals surface area (Å²) in [5.74, 6) is 0. The lowest BCUT2D eigenvalue weighted by Crippen LogP contribution is -2.33. The van der Waals surface area contributed by atoms with E-state index in [4.69, 9.17) is 0 Å². The highest BCUT2D eigenvalue weighted by molar-refractivity contribution is 6.13. The minimum atomic E-state index is -0.576. The van der Waals surface area contributed by atoms with Crippen molar-refractivity contribution >= 4 is 38.9 Å². The van der Waals surface area contributed by atoms with E-state index in [1.807, 2.05) is 0 Å². The number of hydrogen-bond donors (Lipinski definition) is 0. The molecule has 2 heterocycles. The molecular formula is C74H46N2. The number of anilines is 3. The summed E-state index contributed by atoms with van der Waals surface area (Å²) >= 11 is 0. The molecule has 0 radical (unpaired) electrons. The lowest BCUT2D eigenvalue weighted by Gasteiger charge is -2.39. The number of benzene rings is 12. The molecule has 352 valence electrons. The van der Waals surface area contributed by atoms with Gasteiger partial charge in [0.1, 0.15) is 0 Å². The molecule has 1 aliphatic heterocycles. The van der Waals surface area contributed by atoms with Gasteiger partial charge in [0.2, 0.25) is 0 Å². The molecule has 1 aromatic heterocycles. The molecule has 1 unspecified atom stereocenters. The zero-order chi connectivity index (χ0) is 49.7. The third-order valence-corrected chi connectivity index (χ3v) is 17.6. The first-order valence-electron chi connectivity index (χ1n) is 26.6. The fourth-order valence-electron chi connectivity index (χ4n) is 14.8. The third-order valence-electron chi connectivity index (χ3n) is 17.6. The molecule has 4 aliphatic rings. The summed E-state index contributed by atoms with van der Waals surface area (Å²) in [7, 11) is 0. The van der Waals surface area contributed by atoms with Crippen LogP contribution >= 0.6 is 0 Å². The molecule has 0 saturated heterocycles. The van der Waals surface area contributed by atoms with Crippen molar-refractivity contribution in [3.05, 3.63) is 324 Å². The summed E-state index contributed by atoms with van der Waals surface area (Å²) in [6.07, 6.45) is 0. The Morgan fingerprint density at radius 1 is 0.276 bits per heavy atom. The van der Waals surface area contributed by atoms with Crippen LogP contribution in [-0.2, 0) is 10.8 Å². The molecule has 0 fully saturated rings. The first kappa shape index (κ1) is 41.7. The molecule has 13 aromatic rings. The van der Waals surface area contributed by atoms with Crippen molar-refractivity contribution in [2.75, 3.05) is 4.90 Å². The molecule has 2 spiro atoms. The summed E-state index contributed by atoms with van der Waals surface area (Å²) in [5.41, 5.74) is 29.0. The molecule has 17 rings (SSSR count). The van der Waals surface area contributed by atoms with Crippen molar-refractivity contribution in [1.82, 2.24) is 4.57 Å². The number of hydrogen-bond acceptors (Lipinski definition) is 1. The molecule has 0 bridgehead atoms. The van der Waals surface area contributed by atoms with Gasteiger partial charge in [-0.2, -0.15) is 0 Å². The molecular weight excluding hydrogens is 917 g/mol. The van der Waals surface area contributed by atoms with Crippen molar-refractivity contribution in [3.63, 3.8) is 0 Å². The van der Waals surface area contributed by atoms with Crippen LogP contribution in [0.1, 0.15) is 44.5 Å². The van der Waals surface area contributed by atoms with Gasteiger partial charge in [0.05, 0.1) is 38.9 Å². The fraction of sp³-hybridized carbons (Fsp3) is 0.0270. The number of rotatable bonds is 5. The van der Waals surface area contributed by atoms with Crippen LogP contribution in [0.5, 0.6) is 0 Å². The van der Waals surface area contributed by atoms with Crippen LogP contribution in [0.4, 0.5) is 17.1 Å². The van der Waals surface area contributed by atoms with Gasteiger partial charge in [0.25, 0.3) is 0 Å². The normalized spacial score (nSPS) is 15.3. The maximum Gasteiger partial charge on any atom is 0.0754 e. The Hall–Kier alpha value is -9.76. The second-order valence-electron chi connectivity index (χ2n) is 21.0. The van der Waals surface area contributed by atoms with Crippen molar-refractivity contribution in [1.29, 1.82) is 0 Å². The van der Waals surface area contributed by atoms with Crippen LogP contribution in [0.3, 0.4) is 0 Å². The first-order chi connectivity index (χ1) is 37.7. The highest BCUT2D eigenvalue weighted by Crippen LogP contribution is 2.66. The lowest BCUT2D eigenvalue weighted by molar-refractivity contribution is 0.749. The maximum atomic E-state index is 2.57. The smallest absolute Gasteiger partial charge is 0.0754 e. The minimum absolute atomic E-state index is 0.486. The van der Waals surface area contributed by atoms with E-state index in [0.717, 1.165) is 22.6 Å². The Labute approximate surface area is 441 Å². The summed E-state index contributed by atoms with van der Waals surface area (Å²) in [5, 5.41) is 2.56. The van der Waals surface area contributed by atoms with Crippen molar-refractivity contribution < 1.29 is 0 Å². The standard InChI is InChI=1S/C74H46N2/c1-2-21-47(22-3-1)48-23-18-24-50(45-48)75(70-42-20-37-64-71(70)58-30-7-13-35-62(58)73(64)59-32-10-4-26-52(59)53-27-5-11-33-60(53)73)67-39-15-8-25-51(67)49-43-44-55-54-28-6-12-34-61(54)74(66(55)46-49)63-36-14-17-41-69(63)76-68-40-16-9-29-56(68)57-31-19-38-65(74)72(57)76/h1-46H. The molecule has 0 amide bonds. The summed E-state index contributed by atoms with van der Waals surface area (Å²) < 4.78 is 2.53. The van der Waals surface area contributed by atoms with E-state index in [1.165, 1.54) is 122 Å². The Bertz CT molecular complexity index is 4570. The molecule has 2 heteroatoms. The average Bonchev–Trinajstić information content (AvgIpc) is 4.37. The van der Waals surface area contributed by atoms with Gasteiger partial charge in [-0.15, -0.1) is 0 Å². The van der Waals surface area contributed by atoms with Gasteiger partial charge in [-0.25, -0.2) is 0 Å². The molecule has 2 nitrogen and oxygen atoms in total. The SMILES string of the molecule is c1ccc(-c2cccc(N(c3ccccc3-c3ccc4c(c3)C3(c5ccccc5-4)c4ccccc4-n4c5ccccc5c5cccc3c54)c3cccc4c3-c3ccccc3C43c4ccccc4-c4ccccc43)c2)cc1. The Morgan fingerprint density at radius 3 is 1.53 bits per heavy atom. The van der Waals surface area contributed by atoms with Crippen LogP contribution < -0.4 is 4.90 Å². The quantitative estimate of drug-likeness (QED) is 0.167. The van der Waals surface area contributed by atoms with E-state index in [2.05, 4.69) is 289 Å². The van der Waals surface area contributed by atoms with Crippen molar-refractivity contribution in [2.24, 2.45) is 0 Å². The molecule has 3 aliphatic carbocycles. The number of fused-ring (bicyclic) bond motifs is 22. The molecule has 1 atom stereocenters. The first-order valence-corrected chi connectivity index (χ1v) is 26.6. The van der Waals surface area contributed by atoms with Crippen LogP contribution in [0, 0.1) is 0 Å². The topological polar surface area (TPSA) is 8.17 Å². The van der Waals surface area contributed by atoms with E-state index in [9.17, 15) is 0 Å². The lowest BCUT2D eigenvalue weighted by atomic mass is 9.65. The van der Waals surface area contributed by atoms with Gasteiger partial charge >= 0.3 is 0 Å². The van der Waals surface area contributed by atoms with Gasteiger partial charge < -0.3 is 9.47 Å². The van der Waals surface area contributed by atoms with E-state index in [1.54, 1.807) is 0 Å². The Morgan fingerprint density at radius 2 is 0.776 bits per heavy atom. The van der Waals surface area contributed by atoms with E-state index in [-0.39, 0.29) is 0 Å². The van der Waals surface area contributed by atoms with E-state index >= 15 is 0 Å². The van der Waals surface area contributed by atoms with Gasteiger partial charge in [-0.05, 0) is 131 Å². The van der Waals surface area contributed by atoms with Crippen molar-refractivity contribution in [3.8, 4) is 61.3 Å². The second kappa shape index (κ2) is 15.4. The predicted molar refractivity (Wildman–Crippen MR) is 313 cm³/mol. The second-order valence-corrected chi connectivity index (χ2v) is 21.0. The van der Waals surface area contributed by atoms with Crippen LogP contribution in [0.25, 0.3) is 83.1 Å². The third kappa shape index (κ3) is 5.20. The summed E-state index contributed by atoms with van der Waals surface area (Å²) in [6.45, 7) is 0. The zero-order valence-electron chi connectivity index (χ0n) is 41.5. The minimum Gasteiger partial charge on any atom is -0.309 e. The summed E-state index contributed by atoms with van der Waals surface area (Å²) in [6, 6.07) is 105. The molecule has 76 heavy (non-hydrogen) atoms. The van der Waals surface area contributed by atoms with Gasteiger partial charge in [0, 0.05) is 27.6 Å². The fourth-order valence-corrected chi connectivity index (χ4v) is 14.8. The number of para-hydroxylation sites is 4. The Balaban J connectivity index is 0.940. The van der Waals surface area contributed by atoms with E-state index in [0.29, 0.717) is 0 Å². The highest BCUT2D eigenvalue weighted by atomic mass is 15.1. The van der Waals surface area contributed by atoms with Crippen LogP contribution in [0.2, 0.25) is 0 Å². The predicted octanol–water partition coefficient (Wildman–Crippen LogP) is 18.6. The molecule has 0 saturated carbocycles. The van der Waals surface area contributed by atoms with Gasteiger partial charge in [-0.1, -0.05) is 237 Å². The largest absolute Gasteiger partial charge is 0.309 e. The van der Waals surface area contributed by atoms with Crippen molar-refractivity contribution in [2.45, 2.75) is 10.8 Å². The van der Waals surface area contributed by atoms with Crippen LogP contribution in [-0.4, -0.2) is 4.57 Å². The van der Waals surface area contributed by atoms with Crippen LogP contribution in [0.15, 0.2) is 279 Å². The summed E-state index contributed by atoms with van der Waals surface area (Å²) in [4.78, 5) is 2.57. The Kier molecular flexibility index (Phi) is 8.44. The molecule has 0 N–H and O–H groups in total. The van der Waals surface area contributed by atoms with E-state index < -0.39 is 10.8 Å². The number of nitrogens with zero attached hydrogens (tertiary/aromatic N) is 2. The van der Waals surface area contributed by atoms with Gasteiger partial charge in [-0.3, -0.25) is 0 Å². The monoisotopic (exact) mass is 962 g/mol. The average molecular weight is 963 g/mol. The molecule has 12 aromatic carbocycles. The number of aromatic nitrogens is 1. The van der Waals surface area contributed by atoms with Gasteiger partial charge in [0.15, 0.2) is 0 Å².